The maximum Gasteiger partial charge on any atom is 0.278 e. The third kappa shape index (κ3) is 4.36. The van der Waals surface area contributed by atoms with Crippen LogP contribution in [0.2, 0.25) is 10.0 Å². The number of ether oxygens (including phenoxy) is 1. The molecular weight excluding hydrogens is 367 g/mol. The number of rotatable bonds is 6. The Morgan fingerprint density at radius 1 is 1.24 bits per heavy atom. The number of benzene rings is 1. The minimum absolute atomic E-state index is 0.177. The van der Waals surface area contributed by atoms with Gasteiger partial charge in [0.05, 0.1) is 6.54 Å². The molecule has 3 rings (SSSR count). The van der Waals surface area contributed by atoms with Crippen molar-refractivity contribution in [3.8, 4) is 0 Å². The molecular formula is C15H14Cl2N6O2. The Bertz CT molecular complexity index is 892. The Morgan fingerprint density at radius 2 is 2.08 bits per heavy atom. The van der Waals surface area contributed by atoms with Gasteiger partial charge in [0.1, 0.15) is 13.1 Å². The van der Waals surface area contributed by atoms with E-state index in [4.69, 9.17) is 27.9 Å². The Morgan fingerprint density at radius 3 is 2.84 bits per heavy atom. The van der Waals surface area contributed by atoms with E-state index in [0.717, 1.165) is 5.56 Å². The van der Waals surface area contributed by atoms with Crippen LogP contribution >= 0.6 is 23.2 Å². The van der Waals surface area contributed by atoms with Gasteiger partial charge in [-0.15, -0.1) is 5.10 Å². The fourth-order valence-corrected chi connectivity index (χ4v) is 2.57. The number of nitrogens with one attached hydrogen (secondary N) is 1. The van der Waals surface area contributed by atoms with Crippen LogP contribution in [-0.4, -0.2) is 37.6 Å². The molecule has 0 spiro atoms. The van der Waals surface area contributed by atoms with Gasteiger partial charge in [0.2, 0.25) is 5.95 Å². The molecule has 3 aromatic rings. The van der Waals surface area contributed by atoms with E-state index in [1.54, 1.807) is 36.2 Å². The van der Waals surface area contributed by atoms with Crippen molar-refractivity contribution in [2.75, 3.05) is 12.4 Å². The maximum absolute atomic E-state index is 12.1. The van der Waals surface area contributed by atoms with Crippen LogP contribution in [0.15, 0.2) is 36.8 Å². The first-order valence-corrected chi connectivity index (χ1v) is 7.98. The second-order valence-electron chi connectivity index (χ2n) is 5.11. The Balaban J connectivity index is 1.65. The lowest BCUT2D eigenvalue weighted by molar-refractivity contribution is 0.101. The summed E-state index contributed by atoms with van der Waals surface area (Å²) in [7, 11) is 1.55. The number of methoxy groups -OCH3 is 1. The summed E-state index contributed by atoms with van der Waals surface area (Å²) in [4.78, 5) is 16.2. The van der Waals surface area contributed by atoms with E-state index in [9.17, 15) is 4.79 Å². The van der Waals surface area contributed by atoms with Crippen LogP contribution in [0.1, 0.15) is 16.1 Å². The molecule has 0 unspecified atom stereocenters. The smallest absolute Gasteiger partial charge is 0.278 e. The van der Waals surface area contributed by atoms with Gasteiger partial charge in [0, 0.05) is 23.4 Å². The van der Waals surface area contributed by atoms with E-state index in [-0.39, 0.29) is 18.4 Å². The number of aromatic nitrogens is 5. The highest BCUT2D eigenvalue weighted by Crippen LogP contribution is 2.21. The van der Waals surface area contributed by atoms with Crippen LogP contribution in [0.5, 0.6) is 0 Å². The lowest BCUT2D eigenvalue weighted by Gasteiger charge is -2.04. The van der Waals surface area contributed by atoms with Crippen LogP contribution < -0.4 is 5.32 Å². The highest BCUT2D eigenvalue weighted by Gasteiger charge is 2.13. The van der Waals surface area contributed by atoms with Crippen LogP contribution in [0.3, 0.4) is 0 Å². The van der Waals surface area contributed by atoms with Crippen LogP contribution in [0.25, 0.3) is 0 Å². The van der Waals surface area contributed by atoms with Gasteiger partial charge in [-0.25, -0.2) is 14.3 Å². The first kappa shape index (κ1) is 17.4. The lowest BCUT2D eigenvalue weighted by Crippen LogP contribution is -2.15. The summed E-state index contributed by atoms with van der Waals surface area (Å²) < 4.78 is 8.01. The Kier molecular flexibility index (Phi) is 5.32. The third-order valence-electron chi connectivity index (χ3n) is 3.24. The minimum atomic E-state index is -0.405. The highest BCUT2D eigenvalue weighted by atomic mass is 35.5. The molecule has 0 bridgehead atoms. The molecule has 0 fully saturated rings. The third-order valence-corrected chi connectivity index (χ3v) is 3.83. The highest BCUT2D eigenvalue weighted by molar-refractivity contribution is 6.35. The molecule has 2 heterocycles. The zero-order valence-electron chi connectivity index (χ0n) is 13.2. The number of hydrogen-bond donors (Lipinski definition) is 1. The van der Waals surface area contributed by atoms with Crippen molar-refractivity contribution in [2.24, 2.45) is 0 Å². The monoisotopic (exact) mass is 380 g/mol. The van der Waals surface area contributed by atoms with Crippen molar-refractivity contribution in [3.63, 3.8) is 0 Å². The molecule has 1 N–H and O–H groups in total. The fraction of sp³-hybridized carbons (Fsp3) is 0.200. The first-order chi connectivity index (χ1) is 12.0. The van der Waals surface area contributed by atoms with Crippen molar-refractivity contribution >= 4 is 35.1 Å². The van der Waals surface area contributed by atoms with Gasteiger partial charge >= 0.3 is 0 Å². The second kappa shape index (κ2) is 7.64. The maximum atomic E-state index is 12.1. The summed E-state index contributed by atoms with van der Waals surface area (Å²) in [6.45, 7) is 0.670. The van der Waals surface area contributed by atoms with Gasteiger partial charge in [-0.1, -0.05) is 29.3 Å². The predicted molar refractivity (Wildman–Crippen MR) is 92.8 cm³/mol. The number of amides is 1. The number of anilines is 1. The van der Waals surface area contributed by atoms with Gasteiger partial charge in [-0.05, 0) is 23.8 Å². The predicted octanol–water partition coefficient (Wildman–Crippen LogP) is 2.69. The van der Waals surface area contributed by atoms with Crippen molar-refractivity contribution in [1.29, 1.82) is 0 Å². The standard InChI is InChI=1S/C15H14Cl2N6O2/c1-25-9-22-5-4-13(20-22)14(24)19-15-18-8-23(21-15)7-10-2-3-11(16)6-12(10)17/h2-6,8H,7,9H2,1H3,(H,19,21,24). The molecule has 0 aliphatic carbocycles. The van der Waals surface area contributed by atoms with Gasteiger partial charge < -0.3 is 4.74 Å². The summed E-state index contributed by atoms with van der Waals surface area (Å²) in [6.07, 6.45) is 3.15. The van der Waals surface area contributed by atoms with E-state index < -0.39 is 5.91 Å². The Labute approximate surface area is 153 Å². The van der Waals surface area contributed by atoms with Crippen LogP contribution in [0.4, 0.5) is 5.95 Å². The van der Waals surface area contributed by atoms with Gasteiger partial charge in [-0.2, -0.15) is 5.10 Å². The molecule has 2 aromatic heterocycles. The summed E-state index contributed by atoms with van der Waals surface area (Å²) in [6, 6.07) is 6.80. The first-order valence-electron chi connectivity index (χ1n) is 7.22. The van der Waals surface area contributed by atoms with E-state index in [1.807, 2.05) is 6.07 Å². The van der Waals surface area contributed by atoms with Crippen LogP contribution in [0, 0.1) is 0 Å². The number of carbonyl (C=O) groups excluding carboxylic acids is 1. The van der Waals surface area contributed by atoms with Crippen molar-refractivity contribution in [1.82, 2.24) is 24.5 Å². The normalized spacial score (nSPS) is 10.8. The van der Waals surface area contributed by atoms with Crippen molar-refractivity contribution in [3.05, 3.63) is 58.1 Å². The van der Waals surface area contributed by atoms with Gasteiger partial charge in [-0.3, -0.25) is 10.1 Å². The van der Waals surface area contributed by atoms with Gasteiger partial charge in [0.15, 0.2) is 5.69 Å². The SMILES string of the molecule is COCn1ccc(C(=O)Nc2ncn(Cc3ccc(Cl)cc3Cl)n2)n1. The molecule has 1 aromatic carbocycles. The number of nitrogens with zero attached hydrogens (tertiary/aromatic N) is 5. The lowest BCUT2D eigenvalue weighted by atomic mass is 10.2. The molecule has 10 heteroatoms. The topological polar surface area (TPSA) is 86.9 Å². The molecule has 130 valence electrons. The van der Waals surface area contributed by atoms with Gasteiger partial charge in [0.25, 0.3) is 5.91 Å². The fourth-order valence-electron chi connectivity index (χ4n) is 2.11. The second-order valence-corrected chi connectivity index (χ2v) is 5.96. The average molecular weight is 381 g/mol. The van der Waals surface area contributed by atoms with Crippen LogP contribution in [-0.2, 0) is 18.0 Å². The largest absolute Gasteiger partial charge is 0.362 e. The summed E-state index contributed by atoms with van der Waals surface area (Å²) >= 11 is 12.0. The van der Waals surface area contributed by atoms with E-state index >= 15 is 0 Å². The summed E-state index contributed by atoms with van der Waals surface area (Å²) in [5.41, 5.74) is 1.08. The number of carbonyl (C=O) groups is 1. The molecule has 0 radical (unpaired) electrons. The zero-order valence-corrected chi connectivity index (χ0v) is 14.7. The molecule has 0 atom stereocenters. The van der Waals surface area contributed by atoms with Crippen molar-refractivity contribution in [2.45, 2.75) is 13.3 Å². The molecule has 25 heavy (non-hydrogen) atoms. The minimum Gasteiger partial charge on any atom is -0.362 e. The average Bonchev–Trinajstić information content (AvgIpc) is 3.20. The molecule has 8 nitrogen and oxygen atoms in total. The van der Waals surface area contributed by atoms with Crippen molar-refractivity contribution < 1.29 is 9.53 Å². The summed E-state index contributed by atoms with van der Waals surface area (Å²) in [5.74, 6) is -0.228. The number of halogens is 2. The quantitative estimate of drug-likeness (QED) is 0.710. The molecule has 0 aliphatic heterocycles. The zero-order chi connectivity index (χ0) is 17.8. The number of hydrogen-bond acceptors (Lipinski definition) is 5. The molecule has 0 saturated heterocycles. The molecule has 0 aliphatic rings. The van der Waals surface area contributed by atoms with E-state index in [2.05, 4.69) is 20.5 Å². The summed E-state index contributed by atoms with van der Waals surface area (Å²) in [5, 5.41) is 12.0. The molecule has 0 saturated carbocycles. The Hall–Kier alpha value is -2.42. The van der Waals surface area contributed by atoms with E-state index in [1.165, 1.54) is 11.0 Å². The van der Waals surface area contributed by atoms with E-state index in [0.29, 0.717) is 16.6 Å². The molecule has 1 amide bonds.